The van der Waals surface area contributed by atoms with E-state index >= 15 is 0 Å². The number of hydrogen-bond acceptors (Lipinski definition) is 5. The molecule has 0 heterocycles. The fourth-order valence-corrected chi connectivity index (χ4v) is 3.47. The van der Waals surface area contributed by atoms with Crippen LogP contribution in [0.2, 0.25) is 0 Å². The van der Waals surface area contributed by atoms with E-state index in [-0.39, 0.29) is 11.3 Å². The summed E-state index contributed by atoms with van der Waals surface area (Å²) in [5, 5.41) is 21.1. The Morgan fingerprint density at radius 1 is 0.963 bits per heavy atom. The Bertz CT molecular complexity index is 897. The molecule has 0 saturated carbocycles. The second-order valence-corrected chi connectivity index (χ2v) is 7.67. The van der Waals surface area contributed by atoms with E-state index in [1.165, 1.54) is 12.1 Å². The van der Waals surface area contributed by atoms with Gasteiger partial charge in [-0.25, -0.2) is 13.2 Å². The van der Waals surface area contributed by atoms with Crippen molar-refractivity contribution in [3.05, 3.63) is 65.7 Å². The summed E-state index contributed by atoms with van der Waals surface area (Å²) in [6.07, 6.45) is -1.81. The number of sulfonamides is 1. The summed E-state index contributed by atoms with van der Waals surface area (Å²) in [5.74, 6) is -2.83. The van der Waals surface area contributed by atoms with Crippen LogP contribution in [0.15, 0.2) is 59.5 Å². The average Bonchev–Trinajstić information content (AvgIpc) is 2.61. The van der Waals surface area contributed by atoms with Crippen molar-refractivity contribution in [2.24, 2.45) is 0 Å². The summed E-state index contributed by atoms with van der Waals surface area (Å²) in [5.41, 5.74) is 1.51. The minimum Gasteiger partial charge on any atom is -0.480 e. The number of nitrogens with one attached hydrogen (secondary N) is 2. The number of carboxylic acids is 2. The van der Waals surface area contributed by atoms with Crippen LogP contribution in [-0.2, 0) is 26.0 Å². The zero-order valence-corrected chi connectivity index (χ0v) is 15.3. The molecule has 0 aliphatic heterocycles. The van der Waals surface area contributed by atoms with Crippen molar-refractivity contribution < 1.29 is 28.2 Å². The zero-order valence-electron chi connectivity index (χ0n) is 14.5. The van der Waals surface area contributed by atoms with Gasteiger partial charge < -0.3 is 10.2 Å². The second-order valence-electron chi connectivity index (χ2n) is 5.95. The first-order valence-electron chi connectivity index (χ1n) is 8.03. The van der Waals surface area contributed by atoms with Crippen molar-refractivity contribution in [1.82, 2.24) is 10.0 Å². The maximum atomic E-state index is 12.4. The lowest BCUT2D eigenvalue weighted by atomic mass is 10.1. The van der Waals surface area contributed by atoms with Crippen LogP contribution in [-0.4, -0.2) is 42.8 Å². The zero-order chi connectivity index (χ0) is 20.0. The van der Waals surface area contributed by atoms with E-state index in [0.29, 0.717) is 5.56 Å². The number of carbonyl (C=O) groups is 2. The number of carboxylic acid groups (broad SMARTS) is 2. The monoisotopic (exact) mass is 392 g/mol. The van der Waals surface area contributed by atoms with E-state index in [1.807, 2.05) is 4.72 Å². The van der Waals surface area contributed by atoms with Crippen molar-refractivity contribution >= 4 is 22.0 Å². The van der Waals surface area contributed by atoms with Gasteiger partial charge in [0.15, 0.2) is 6.17 Å². The number of benzene rings is 2. The smallest absolute Gasteiger partial charge is 0.336 e. The molecular formula is C18H20N2O6S. The van der Waals surface area contributed by atoms with Crippen molar-refractivity contribution in [1.29, 1.82) is 0 Å². The van der Waals surface area contributed by atoms with E-state index in [4.69, 9.17) is 0 Å². The normalized spacial score (nSPS) is 13.7. The number of aryl methyl sites for hydroxylation is 1. The standard InChI is InChI=1S/C18H20N2O6S/c1-12-7-9-14(10-8-12)27(25,26)20-16(18(23)24)19-15(17(21)22)11-13-5-3-2-4-6-13/h2-10,15-16,19-20H,11H2,1H3,(H,21,22)(H,23,24)/t15-,16?/m1/s1. The Hall–Kier alpha value is -2.75. The van der Waals surface area contributed by atoms with Gasteiger partial charge in [-0.2, -0.15) is 4.72 Å². The maximum absolute atomic E-state index is 12.4. The lowest BCUT2D eigenvalue weighted by Gasteiger charge is -2.21. The quantitative estimate of drug-likeness (QED) is 0.467. The van der Waals surface area contributed by atoms with Crippen LogP contribution in [0.5, 0.6) is 0 Å². The van der Waals surface area contributed by atoms with Gasteiger partial charge in [0.05, 0.1) is 4.90 Å². The highest BCUT2D eigenvalue weighted by Crippen LogP contribution is 2.11. The lowest BCUT2D eigenvalue weighted by molar-refractivity contribution is -0.142. The third-order valence-corrected chi connectivity index (χ3v) is 5.24. The van der Waals surface area contributed by atoms with E-state index in [0.717, 1.165) is 5.56 Å². The highest BCUT2D eigenvalue weighted by atomic mass is 32.2. The molecule has 2 atom stereocenters. The molecule has 0 aliphatic rings. The molecule has 144 valence electrons. The molecule has 0 amide bonds. The molecule has 0 aliphatic carbocycles. The minimum absolute atomic E-state index is 0.00773. The van der Waals surface area contributed by atoms with Gasteiger partial charge in [0.2, 0.25) is 10.0 Å². The first-order valence-corrected chi connectivity index (χ1v) is 9.52. The van der Waals surface area contributed by atoms with Gasteiger partial charge in [0, 0.05) is 0 Å². The van der Waals surface area contributed by atoms with Crippen LogP contribution < -0.4 is 10.0 Å². The van der Waals surface area contributed by atoms with E-state index in [9.17, 15) is 28.2 Å². The van der Waals surface area contributed by atoms with Gasteiger partial charge in [0.1, 0.15) is 6.04 Å². The van der Waals surface area contributed by atoms with Gasteiger partial charge in [-0.15, -0.1) is 0 Å². The lowest BCUT2D eigenvalue weighted by Crippen LogP contribution is -2.56. The van der Waals surface area contributed by atoms with Crippen LogP contribution >= 0.6 is 0 Å². The Morgan fingerprint density at radius 2 is 1.56 bits per heavy atom. The van der Waals surface area contributed by atoms with Crippen LogP contribution in [0.4, 0.5) is 0 Å². The molecular weight excluding hydrogens is 372 g/mol. The molecule has 0 bridgehead atoms. The first kappa shape index (κ1) is 20.6. The minimum atomic E-state index is -4.15. The molecule has 0 saturated heterocycles. The number of hydrogen-bond donors (Lipinski definition) is 4. The molecule has 0 aromatic heterocycles. The maximum Gasteiger partial charge on any atom is 0.336 e. The average molecular weight is 392 g/mol. The van der Waals surface area contributed by atoms with Crippen LogP contribution in [0.3, 0.4) is 0 Å². The first-order chi connectivity index (χ1) is 12.7. The molecule has 0 radical (unpaired) electrons. The van der Waals surface area contributed by atoms with Gasteiger partial charge in [-0.1, -0.05) is 48.0 Å². The van der Waals surface area contributed by atoms with Crippen LogP contribution in [0.1, 0.15) is 11.1 Å². The highest BCUT2D eigenvalue weighted by molar-refractivity contribution is 7.89. The molecule has 9 heteroatoms. The molecule has 27 heavy (non-hydrogen) atoms. The summed E-state index contributed by atoms with van der Waals surface area (Å²) in [7, 11) is -4.15. The van der Waals surface area contributed by atoms with E-state index in [1.54, 1.807) is 49.4 Å². The highest BCUT2D eigenvalue weighted by Gasteiger charge is 2.30. The molecule has 8 nitrogen and oxygen atoms in total. The fraction of sp³-hybridized carbons (Fsp3) is 0.222. The molecule has 0 fully saturated rings. The van der Waals surface area contributed by atoms with Gasteiger partial charge in [0.25, 0.3) is 0 Å². The third-order valence-electron chi connectivity index (χ3n) is 3.80. The molecule has 2 aromatic rings. The Balaban J connectivity index is 2.18. The number of aliphatic carboxylic acids is 2. The molecule has 2 rings (SSSR count). The van der Waals surface area contributed by atoms with Crippen molar-refractivity contribution in [3.8, 4) is 0 Å². The summed E-state index contributed by atoms with van der Waals surface area (Å²) in [4.78, 5) is 22.9. The van der Waals surface area contributed by atoms with Crippen molar-refractivity contribution in [3.63, 3.8) is 0 Å². The largest absolute Gasteiger partial charge is 0.480 e. The summed E-state index contributed by atoms with van der Waals surface area (Å²) >= 11 is 0. The van der Waals surface area contributed by atoms with Gasteiger partial charge >= 0.3 is 11.9 Å². The molecule has 0 spiro atoms. The number of rotatable bonds is 9. The summed E-state index contributed by atoms with van der Waals surface area (Å²) < 4.78 is 26.8. The Morgan fingerprint density at radius 3 is 2.07 bits per heavy atom. The molecule has 1 unspecified atom stereocenters. The topological polar surface area (TPSA) is 133 Å². The van der Waals surface area contributed by atoms with Crippen LogP contribution in [0, 0.1) is 6.92 Å². The predicted octanol–water partition coefficient (Wildman–Crippen LogP) is 0.970. The molecule has 2 aromatic carbocycles. The van der Waals surface area contributed by atoms with Crippen molar-refractivity contribution in [2.45, 2.75) is 30.4 Å². The van der Waals surface area contributed by atoms with E-state index < -0.39 is 34.2 Å². The Labute approximate surface area is 156 Å². The second kappa shape index (κ2) is 8.76. The third kappa shape index (κ3) is 5.88. The molecule has 4 N–H and O–H groups in total. The van der Waals surface area contributed by atoms with E-state index in [2.05, 4.69) is 5.32 Å². The summed E-state index contributed by atoms with van der Waals surface area (Å²) in [6, 6.07) is 13.2. The van der Waals surface area contributed by atoms with Gasteiger partial charge in [-0.3, -0.25) is 10.1 Å². The van der Waals surface area contributed by atoms with Gasteiger partial charge in [-0.05, 0) is 31.0 Å². The Kier molecular flexibility index (Phi) is 6.67. The van der Waals surface area contributed by atoms with Crippen LogP contribution in [0.25, 0.3) is 0 Å². The predicted molar refractivity (Wildman–Crippen MR) is 97.6 cm³/mol. The fourth-order valence-electron chi connectivity index (χ4n) is 2.36. The van der Waals surface area contributed by atoms with Crippen molar-refractivity contribution in [2.75, 3.05) is 0 Å². The summed E-state index contributed by atoms with van der Waals surface area (Å²) in [6.45, 7) is 1.78. The SMILES string of the molecule is Cc1ccc(S(=O)(=O)NC(N[C@H](Cc2ccccc2)C(=O)O)C(=O)O)cc1.